The van der Waals surface area contributed by atoms with E-state index in [1.54, 1.807) is 0 Å². The summed E-state index contributed by atoms with van der Waals surface area (Å²) in [4.78, 5) is 23.9. The van der Waals surface area contributed by atoms with Gasteiger partial charge >= 0.3 is 6.03 Å². The molecule has 5 nitrogen and oxygen atoms in total. The number of nitrogens with two attached hydrogens (primary N) is 2. The molecule has 7 heteroatoms. The summed E-state index contributed by atoms with van der Waals surface area (Å²) >= 11 is 3.61. The molecule has 3 rings (SSSR count). The van der Waals surface area contributed by atoms with Crippen LogP contribution in [0.5, 0.6) is 0 Å². The van der Waals surface area contributed by atoms with E-state index in [0.717, 1.165) is 32.4 Å². The molecule has 0 radical (unpaired) electrons. The molecule has 0 atom stereocenters. The van der Waals surface area contributed by atoms with Crippen molar-refractivity contribution in [3.8, 4) is 10.4 Å². The van der Waals surface area contributed by atoms with Crippen molar-refractivity contribution in [2.75, 3.05) is 5.32 Å². The average Bonchev–Trinajstić information content (AvgIpc) is 2.76. The minimum absolute atomic E-state index is 0.387. The number of primary amides is 2. The van der Waals surface area contributed by atoms with Crippen molar-refractivity contribution in [3.05, 3.63) is 38.5 Å². The number of anilines is 1. The predicted octanol–water partition coefficient (Wildman–Crippen LogP) is 2.71. The Morgan fingerprint density at radius 3 is 2.67 bits per heavy atom. The van der Waals surface area contributed by atoms with Gasteiger partial charge in [-0.15, -0.1) is 11.3 Å². The highest BCUT2D eigenvalue weighted by atomic mass is 127. The Bertz CT molecular complexity index is 770. The lowest BCUT2D eigenvalue weighted by molar-refractivity contribution is 0.100. The van der Waals surface area contributed by atoms with Crippen molar-refractivity contribution in [3.63, 3.8) is 0 Å². The Kier molecular flexibility index (Phi) is 3.62. The lowest BCUT2D eigenvalue weighted by atomic mass is 9.89. The number of hydrogen-bond donors (Lipinski definition) is 3. The van der Waals surface area contributed by atoms with Crippen LogP contribution < -0.4 is 16.8 Å². The monoisotopic (exact) mass is 413 g/mol. The number of benzene rings is 1. The van der Waals surface area contributed by atoms with Crippen LogP contribution in [-0.4, -0.2) is 11.9 Å². The highest BCUT2D eigenvalue weighted by molar-refractivity contribution is 14.1. The van der Waals surface area contributed by atoms with Gasteiger partial charge in [0.25, 0.3) is 5.91 Å². The SMILES string of the molecule is NC(=O)Nc1sc2c(c1C(N)=O)CCc1ccc(I)cc1-2. The van der Waals surface area contributed by atoms with E-state index in [1.165, 1.54) is 16.9 Å². The molecule has 0 saturated carbocycles. The fourth-order valence-corrected chi connectivity index (χ4v) is 4.42. The second-order valence-corrected chi connectivity index (χ2v) is 7.04. The summed E-state index contributed by atoms with van der Waals surface area (Å²) in [5, 5.41) is 2.95. The first kappa shape index (κ1) is 14.3. The molecule has 5 N–H and O–H groups in total. The number of hydrogen-bond acceptors (Lipinski definition) is 3. The van der Waals surface area contributed by atoms with Crippen LogP contribution in [0, 0.1) is 3.57 Å². The van der Waals surface area contributed by atoms with Crippen LogP contribution in [0.25, 0.3) is 10.4 Å². The van der Waals surface area contributed by atoms with Crippen LogP contribution in [0.15, 0.2) is 18.2 Å². The lowest BCUT2D eigenvalue weighted by Gasteiger charge is -2.17. The summed E-state index contributed by atoms with van der Waals surface area (Å²) in [6, 6.07) is 5.56. The highest BCUT2D eigenvalue weighted by Gasteiger charge is 2.27. The average molecular weight is 413 g/mol. The van der Waals surface area contributed by atoms with Crippen LogP contribution in [-0.2, 0) is 12.8 Å². The molecule has 0 saturated heterocycles. The highest BCUT2D eigenvalue weighted by Crippen LogP contribution is 2.45. The molecule has 108 valence electrons. The quantitative estimate of drug-likeness (QED) is 0.660. The minimum Gasteiger partial charge on any atom is -0.365 e. The molecule has 0 bridgehead atoms. The summed E-state index contributed by atoms with van der Waals surface area (Å²) in [6.45, 7) is 0. The number of urea groups is 1. The number of rotatable bonds is 2. The zero-order chi connectivity index (χ0) is 15.1. The molecule has 1 aliphatic rings. The van der Waals surface area contributed by atoms with Crippen LogP contribution in [0.4, 0.5) is 9.80 Å². The summed E-state index contributed by atoms with van der Waals surface area (Å²) in [6.07, 6.45) is 1.59. The van der Waals surface area contributed by atoms with E-state index in [2.05, 4.69) is 46.1 Å². The van der Waals surface area contributed by atoms with Gasteiger partial charge in [-0.05, 0) is 64.3 Å². The van der Waals surface area contributed by atoms with Gasteiger partial charge < -0.3 is 11.5 Å². The van der Waals surface area contributed by atoms with Gasteiger partial charge in [-0.25, -0.2) is 4.79 Å². The Balaban J connectivity index is 2.23. The number of carbonyl (C=O) groups excluding carboxylic acids is 2. The van der Waals surface area contributed by atoms with Gasteiger partial charge in [0.1, 0.15) is 5.00 Å². The summed E-state index contributed by atoms with van der Waals surface area (Å²) in [5.41, 5.74) is 14.3. The van der Waals surface area contributed by atoms with Crippen molar-refractivity contribution in [2.24, 2.45) is 11.5 Å². The third-order valence-electron chi connectivity index (χ3n) is 3.45. The molecule has 0 spiro atoms. The first-order valence-corrected chi connectivity index (χ1v) is 8.17. The fourth-order valence-electron chi connectivity index (χ4n) is 2.62. The van der Waals surface area contributed by atoms with Crippen LogP contribution in [0.2, 0.25) is 0 Å². The third-order valence-corrected chi connectivity index (χ3v) is 5.30. The van der Waals surface area contributed by atoms with Crippen molar-refractivity contribution >= 4 is 50.9 Å². The molecule has 1 aliphatic carbocycles. The fraction of sp³-hybridized carbons (Fsp3) is 0.143. The normalized spacial score (nSPS) is 12.4. The van der Waals surface area contributed by atoms with Crippen molar-refractivity contribution in [1.29, 1.82) is 0 Å². The number of aryl methyl sites for hydroxylation is 1. The Morgan fingerprint density at radius 1 is 1.24 bits per heavy atom. The van der Waals surface area contributed by atoms with Crippen LogP contribution in [0.1, 0.15) is 21.5 Å². The standard InChI is InChI=1S/C14H12IN3O2S/c15-7-3-1-6-2-4-8-10(12(16)19)13(18-14(17)20)21-11(8)9(6)5-7/h1,3,5H,2,4H2,(H2,16,19)(H3,17,18,20). The van der Waals surface area contributed by atoms with Crippen molar-refractivity contribution < 1.29 is 9.59 Å². The topological polar surface area (TPSA) is 98.2 Å². The molecular formula is C14H12IN3O2S. The molecule has 1 heterocycles. The van der Waals surface area contributed by atoms with E-state index in [4.69, 9.17) is 11.5 Å². The van der Waals surface area contributed by atoms with E-state index in [0.29, 0.717) is 10.6 Å². The molecule has 1 aromatic carbocycles. The number of carbonyl (C=O) groups is 2. The Hall–Kier alpha value is -1.61. The van der Waals surface area contributed by atoms with E-state index in [-0.39, 0.29) is 0 Å². The lowest BCUT2D eigenvalue weighted by Crippen LogP contribution is -2.22. The first-order valence-electron chi connectivity index (χ1n) is 6.28. The zero-order valence-corrected chi connectivity index (χ0v) is 13.9. The van der Waals surface area contributed by atoms with Crippen molar-refractivity contribution in [2.45, 2.75) is 12.8 Å². The maximum absolute atomic E-state index is 11.8. The minimum atomic E-state index is -0.695. The first-order chi connectivity index (χ1) is 9.97. The maximum Gasteiger partial charge on any atom is 0.317 e. The molecule has 0 unspecified atom stereocenters. The third kappa shape index (κ3) is 2.51. The van der Waals surface area contributed by atoms with Gasteiger partial charge in [0, 0.05) is 8.45 Å². The van der Waals surface area contributed by atoms with Crippen LogP contribution >= 0.6 is 33.9 Å². The Labute approximate surface area is 138 Å². The molecule has 21 heavy (non-hydrogen) atoms. The number of thiophene rings is 1. The maximum atomic E-state index is 11.8. The zero-order valence-electron chi connectivity index (χ0n) is 10.9. The summed E-state index contributed by atoms with van der Waals surface area (Å²) in [5.74, 6) is -0.537. The largest absolute Gasteiger partial charge is 0.365 e. The van der Waals surface area contributed by atoms with Gasteiger partial charge in [0.2, 0.25) is 0 Å². The number of nitrogens with one attached hydrogen (secondary N) is 1. The molecule has 2 aromatic rings. The smallest absolute Gasteiger partial charge is 0.317 e. The molecule has 0 fully saturated rings. The van der Waals surface area contributed by atoms with E-state index < -0.39 is 11.9 Å². The van der Waals surface area contributed by atoms with E-state index >= 15 is 0 Å². The van der Waals surface area contributed by atoms with E-state index in [1.807, 2.05) is 0 Å². The second-order valence-electron chi connectivity index (χ2n) is 4.77. The van der Waals surface area contributed by atoms with Gasteiger partial charge in [0.15, 0.2) is 0 Å². The molecule has 3 amide bonds. The van der Waals surface area contributed by atoms with Gasteiger partial charge in [-0.3, -0.25) is 10.1 Å². The molecule has 1 aromatic heterocycles. The molecular weight excluding hydrogens is 401 g/mol. The van der Waals surface area contributed by atoms with Gasteiger partial charge in [0.05, 0.1) is 5.56 Å². The second kappa shape index (κ2) is 5.30. The van der Waals surface area contributed by atoms with E-state index in [9.17, 15) is 9.59 Å². The summed E-state index contributed by atoms with van der Waals surface area (Å²) < 4.78 is 1.12. The summed E-state index contributed by atoms with van der Waals surface area (Å²) in [7, 11) is 0. The predicted molar refractivity (Wildman–Crippen MR) is 91.6 cm³/mol. The van der Waals surface area contributed by atoms with Crippen LogP contribution in [0.3, 0.4) is 0 Å². The number of fused-ring (bicyclic) bond motifs is 3. The number of halogens is 1. The van der Waals surface area contributed by atoms with Crippen molar-refractivity contribution in [1.82, 2.24) is 0 Å². The van der Waals surface area contributed by atoms with Gasteiger partial charge in [-0.2, -0.15) is 0 Å². The molecule has 0 aliphatic heterocycles. The Morgan fingerprint density at radius 2 is 2.00 bits per heavy atom. The number of amides is 3. The van der Waals surface area contributed by atoms with Gasteiger partial charge in [-0.1, -0.05) is 6.07 Å².